The largest absolute Gasteiger partial charge is 0.462 e. The Morgan fingerprint density at radius 3 is 2.94 bits per heavy atom. The van der Waals surface area contributed by atoms with Crippen LogP contribution in [-0.4, -0.2) is 12.6 Å². The smallest absolute Gasteiger partial charge is 0.340 e. The number of hydrogen-bond acceptors (Lipinski definition) is 3. The number of carbonyl (C=O) groups excluding carboxylic acids is 1. The lowest BCUT2D eigenvalue weighted by Gasteiger charge is -2.04. The van der Waals surface area contributed by atoms with Crippen molar-refractivity contribution >= 4 is 28.0 Å². The van der Waals surface area contributed by atoms with Crippen LogP contribution in [0.25, 0.3) is 16.5 Å². The summed E-state index contributed by atoms with van der Waals surface area (Å²) in [7, 11) is 0. The minimum absolute atomic E-state index is 0.0642. The monoisotopic (exact) mass is 309 g/mol. The van der Waals surface area contributed by atoms with Crippen molar-refractivity contribution in [3.8, 4) is 0 Å². The van der Waals surface area contributed by atoms with Crippen molar-refractivity contribution in [2.75, 3.05) is 6.61 Å². The summed E-state index contributed by atoms with van der Waals surface area (Å²) in [5.74, 6) is -0.635. The molecule has 94 valence electrons. The molecule has 0 amide bonds. The van der Waals surface area contributed by atoms with Gasteiger partial charge >= 0.3 is 5.97 Å². The van der Waals surface area contributed by atoms with E-state index in [4.69, 9.17) is 10.3 Å². The van der Waals surface area contributed by atoms with Crippen molar-refractivity contribution in [3.63, 3.8) is 0 Å². The maximum absolute atomic E-state index is 11.6. The number of hydrogen-bond donors (Lipinski definition) is 0. The number of benzene rings is 1. The summed E-state index contributed by atoms with van der Waals surface area (Å²) >= 11 is 3.42. The fraction of sp³-hybridized carbons (Fsp3) is 0.250. The van der Waals surface area contributed by atoms with E-state index >= 15 is 0 Å². The Morgan fingerprint density at radius 2 is 2.33 bits per heavy atom. The number of carbonyl (C=O) groups is 1. The molecule has 1 aromatic carbocycles. The van der Waals surface area contributed by atoms with E-state index in [1.165, 1.54) is 6.08 Å². The van der Waals surface area contributed by atoms with Crippen LogP contribution in [0.4, 0.5) is 0 Å². The molecule has 0 bridgehead atoms. The second kappa shape index (κ2) is 6.83. The summed E-state index contributed by atoms with van der Waals surface area (Å²) < 4.78 is 5.66. The Bertz CT molecular complexity index is 534. The van der Waals surface area contributed by atoms with Gasteiger partial charge in [-0.2, -0.15) is 0 Å². The Labute approximate surface area is 113 Å². The minimum atomic E-state index is -0.635. The number of aryl methyl sites for hydroxylation is 1. The van der Waals surface area contributed by atoms with E-state index in [1.807, 2.05) is 25.1 Å². The van der Waals surface area contributed by atoms with Crippen molar-refractivity contribution in [2.45, 2.75) is 13.8 Å². The molecule has 0 radical (unpaired) electrons. The lowest BCUT2D eigenvalue weighted by molar-refractivity contribution is -0.138. The topological polar surface area (TPSA) is 75.1 Å². The first kappa shape index (κ1) is 14.3. The number of esters is 1. The van der Waals surface area contributed by atoms with E-state index in [2.05, 4.69) is 26.0 Å². The summed E-state index contributed by atoms with van der Waals surface area (Å²) in [5, 5.41) is 3.36. The molecule has 6 heteroatoms. The van der Waals surface area contributed by atoms with Crippen molar-refractivity contribution in [2.24, 2.45) is 5.11 Å². The molecule has 0 heterocycles. The predicted octanol–water partition coefficient (Wildman–Crippen LogP) is 3.97. The fourth-order valence-corrected chi connectivity index (χ4v) is 1.69. The second-order valence-electron chi connectivity index (χ2n) is 3.42. The summed E-state index contributed by atoms with van der Waals surface area (Å²) in [6, 6.07) is 5.59. The molecule has 0 saturated heterocycles. The maximum atomic E-state index is 11.6. The molecule has 1 rings (SSSR count). The zero-order chi connectivity index (χ0) is 13.5. The zero-order valence-corrected chi connectivity index (χ0v) is 11.6. The molecule has 0 aliphatic heterocycles. The summed E-state index contributed by atoms with van der Waals surface area (Å²) in [6.07, 6.45) is 1.49. The number of rotatable bonds is 4. The highest BCUT2D eigenvalue weighted by molar-refractivity contribution is 9.10. The van der Waals surface area contributed by atoms with Crippen LogP contribution in [-0.2, 0) is 9.53 Å². The van der Waals surface area contributed by atoms with Crippen LogP contribution >= 0.6 is 15.9 Å². The van der Waals surface area contributed by atoms with E-state index in [1.54, 1.807) is 6.92 Å². The van der Waals surface area contributed by atoms with Crippen LogP contribution in [0.15, 0.2) is 33.5 Å². The van der Waals surface area contributed by atoms with Crippen LogP contribution in [0.3, 0.4) is 0 Å². The Balaban J connectivity index is 3.20. The van der Waals surface area contributed by atoms with Crippen molar-refractivity contribution in [1.29, 1.82) is 0 Å². The molecule has 0 spiro atoms. The first-order valence-electron chi connectivity index (χ1n) is 5.29. The normalized spacial score (nSPS) is 10.7. The third-order valence-corrected chi connectivity index (χ3v) is 3.23. The summed E-state index contributed by atoms with van der Waals surface area (Å²) in [6.45, 7) is 3.85. The molecule has 0 unspecified atom stereocenters. The summed E-state index contributed by atoms with van der Waals surface area (Å²) in [4.78, 5) is 14.2. The van der Waals surface area contributed by atoms with E-state index in [0.717, 1.165) is 15.6 Å². The third-order valence-electron chi connectivity index (χ3n) is 2.15. The van der Waals surface area contributed by atoms with Gasteiger partial charge in [-0.1, -0.05) is 23.3 Å². The predicted molar refractivity (Wildman–Crippen MR) is 72.6 cm³/mol. The van der Waals surface area contributed by atoms with E-state index in [0.29, 0.717) is 0 Å². The minimum Gasteiger partial charge on any atom is -0.462 e. The molecule has 0 atom stereocenters. The third kappa shape index (κ3) is 3.61. The molecule has 18 heavy (non-hydrogen) atoms. The Morgan fingerprint density at radius 1 is 1.61 bits per heavy atom. The van der Waals surface area contributed by atoms with Gasteiger partial charge in [0.25, 0.3) is 0 Å². The van der Waals surface area contributed by atoms with Gasteiger partial charge < -0.3 is 4.74 Å². The first-order valence-corrected chi connectivity index (χ1v) is 6.08. The standard InChI is InChI=1S/C12H12BrN3O2/c1-3-18-12(17)10(15-16-14)7-9-6-4-5-8(2)11(9)13/h4-7H,3H2,1-2H3/b10-7-. The van der Waals surface area contributed by atoms with Gasteiger partial charge in [0.05, 0.1) is 6.61 Å². The van der Waals surface area contributed by atoms with Crippen LogP contribution in [0, 0.1) is 6.92 Å². The van der Waals surface area contributed by atoms with Gasteiger partial charge in [-0.15, -0.1) is 0 Å². The molecule has 0 N–H and O–H groups in total. The van der Waals surface area contributed by atoms with E-state index in [-0.39, 0.29) is 12.3 Å². The SMILES string of the molecule is CCOC(=O)/C(=C/c1cccc(C)c1Br)N=[N+]=[N-]. The number of halogens is 1. The van der Waals surface area contributed by atoms with Crippen molar-refractivity contribution in [1.82, 2.24) is 0 Å². The lowest BCUT2D eigenvalue weighted by atomic mass is 10.1. The van der Waals surface area contributed by atoms with Gasteiger partial charge in [-0.3, -0.25) is 0 Å². The van der Waals surface area contributed by atoms with Gasteiger partial charge in [-0.25, -0.2) is 4.79 Å². The Hall–Kier alpha value is -1.78. The molecule has 5 nitrogen and oxygen atoms in total. The van der Waals surface area contributed by atoms with Gasteiger partial charge in [0.15, 0.2) is 0 Å². The maximum Gasteiger partial charge on any atom is 0.340 e. The molecule has 1 aromatic rings. The molecule has 0 aromatic heterocycles. The van der Waals surface area contributed by atoms with E-state index in [9.17, 15) is 4.79 Å². The average Bonchev–Trinajstić information content (AvgIpc) is 2.34. The fourth-order valence-electron chi connectivity index (χ4n) is 1.31. The number of nitrogens with zero attached hydrogens (tertiary/aromatic N) is 3. The van der Waals surface area contributed by atoms with E-state index < -0.39 is 5.97 Å². The van der Waals surface area contributed by atoms with Crippen LogP contribution < -0.4 is 0 Å². The summed E-state index contributed by atoms with van der Waals surface area (Å²) in [5.41, 5.74) is 10.2. The van der Waals surface area contributed by atoms with Crippen LogP contribution in [0.5, 0.6) is 0 Å². The second-order valence-corrected chi connectivity index (χ2v) is 4.21. The van der Waals surface area contributed by atoms with Gasteiger partial charge in [0.1, 0.15) is 5.70 Å². The van der Waals surface area contributed by atoms with Gasteiger partial charge in [0.2, 0.25) is 0 Å². The van der Waals surface area contributed by atoms with Crippen LogP contribution in [0.2, 0.25) is 0 Å². The highest BCUT2D eigenvalue weighted by atomic mass is 79.9. The number of ether oxygens (including phenoxy) is 1. The average molecular weight is 310 g/mol. The zero-order valence-electron chi connectivity index (χ0n) is 10.1. The molecule has 0 aliphatic carbocycles. The molecular weight excluding hydrogens is 298 g/mol. The highest BCUT2D eigenvalue weighted by Crippen LogP contribution is 2.23. The molecule has 0 saturated carbocycles. The molecular formula is C12H12BrN3O2. The lowest BCUT2D eigenvalue weighted by Crippen LogP contribution is -2.05. The van der Waals surface area contributed by atoms with Crippen molar-refractivity contribution in [3.05, 3.63) is 49.9 Å². The Kier molecular flexibility index (Phi) is 5.42. The first-order chi connectivity index (χ1) is 8.60. The molecule has 0 aliphatic rings. The van der Waals surface area contributed by atoms with Crippen LogP contribution in [0.1, 0.15) is 18.1 Å². The van der Waals surface area contributed by atoms with Gasteiger partial charge in [-0.05, 0) is 52.5 Å². The highest BCUT2D eigenvalue weighted by Gasteiger charge is 2.10. The van der Waals surface area contributed by atoms with Gasteiger partial charge in [0, 0.05) is 9.38 Å². The van der Waals surface area contributed by atoms with Crippen molar-refractivity contribution < 1.29 is 9.53 Å². The quantitative estimate of drug-likeness (QED) is 0.277. The molecule has 0 fully saturated rings. The number of azide groups is 1.